The van der Waals surface area contributed by atoms with Crippen LogP contribution in [0.25, 0.3) is 0 Å². The van der Waals surface area contributed by atoms with Crippen molar-refractivity contribution in [2.75, 3.05) is 13.8 Å². The lowest BCUT2D eigenvalue weighted by Gasteiger charge is -2.13. The van der Waals surface area contributed by atoms with E-state index >= 15 is 0 Å². The van der Waals surface area contributed by atoms with E-state index in [0.29, 0.717) is 4.47 Å². The first kappa shape index (κ1) is 11.4. The minimum atomic E-state index is -1.49. The van der Waals surface area contributed by atoms with Gasteiger partial charge in [0.15, 0.2) is 0 Å². The summed E-state index contributed by atoms with van der Waals surface area (Å²) < 4.78 is 30.8. The van der Waals surface area contributed by atoms with Gasteiger partial charge in [0.05, 0.1) is 12.7 Å². The van der Waals surface area contributed by atoms with Crippen molar-refractivity contribution < 1.29 is 18.6 Å². The average molecular weight is 267 g/mol. The van der Waals surface area contributed by atoms with Crippen LogP contribution in [0.5, 0.6) is 5.75 Å². The molecule has 0 aromatic heterocycles. The maximum Gasteiger partial charge on any atom is 0.133 e. The molecule has 0 amide bonds. The van der Waals surface area contributed by atoms with Gasteiger partial charge in [0.2, 0.25) is 0 Å². The second-order valence-corrected chi connectivity index (χ2v) is 3.59. The molecule has 0 saturated carbocycles. The second-order valence-electron chi connectivity index (χ2n) is 2.67. The molecule has 0 radical (unpaired) electrons. The first-order chi connectivity index (χ1) is 6.60. The van der Waals surface area contributed by atoms with Crippen molar-refractivity contribution >= 4 is 15.9 Å². The third-order valence-corrected chi connectivity index (χ3v) is 2.21. The number of benzene rings is 1. The zero-order valence-corrected chi connectivity index (χ0v) is 9.01. The van der Waals surface area contributed by atoms with Gasteiger partial charge in [-0.3, -0.25) is 0 Å². The molecule has 0 spiro atoms. The van der Waals surface area contributed by atoms with Crippen LogP contribution in [-0.4, -0.2) is 18.9 Å². The zero-order chi connectivity index (χ0) is 10.7. The predicted molar refractivity (Wildman–Crippen MR) is 51.6 cm³/mol. The highest BCUT2D eigenvalue weighted by molar-refractivity contribution is 9.10. The first-order valence-electron chi connectivity index (χ1n) is 3.87. The largest absolute Gasteiger partial charge is 0.496 e. The Hall–Kier alpha value is -0.680. The molecule has 0 saturated heterocycles. The minimum absolute atomic E-state index is 0.127. The molecule has 2 nitrogen and oxygen atoms in total. The van der Waals surface area contributed by atoms with Gasteiger partial charge >= 0.3 is 0 Å². The van der Waals surface area contributed by atoms with Crippen molar-refractivity contribution in [3.63, 3.8) is 0 Å². The van der Waals surface area contributed by atoms with Crippen LogP contribution in [0.1, 0.15) is 11.7 Å². The number of rotatable bonds is 3. The smallest absolute Gasteiger partial charge is 0.133 e. The van der Waals surface area contributed by atoms with Gasteiger partial charge in [-0.25, -0.2) is 8.78 Å². The van der Waals surface area contributed by atoms with E-state index in [-0.39, 0.29) is 11.3 Å². The summed E-state index contributed by atoms with van der Waals surface area (Å²) in [6.45, 7) is -1.05. The Kier molecular flexibility index (Phi) is 3.83. The van der Waals surface area contributed by atoms with Crippen LogP contribution in [0.4, 0.5) is 8.78 Å². The molecular weight excluding hydrogens is 258 g/mol. The molecule has 78 valence electrons. The molecule has 0 heterocycles. The van der Waals surface area contributed by atoms with Crippen molar-refractivity contribution in [3.05, 3.63) is 28.0 Å². The van der Waals surface area contributed by atoms with Crippen LogP contribution >= 0.6 is 15.9 Å². The van der Waals surface area contributed by atoms with Crippen LogP contribution in [-0.2, 0) is 0 Å². The summed E-state index contributed by atoms with van der Waals surface area (Å²) in [4.78, 5) is 0. The number of ether oxygens (including phenoxy) is 1. The molecule has 1 unspecified atom stereocenters. The number of aliphatic hydroxyl groups is 1. The van der Waals surface area contributed by atoms with Crippen molar-refractivity contribution in [2.45, 2.75) is 6.10 Å². The van der Waals surface area contributed by atoms with E-state index in [0.717, 1.165) is 6.07 Å². The fourth-order valence-electron chi connectivity index (χ4n) is 1.13. The molecule has 0 fully saturated rings. The van der Waals surface area contributed by atoms with E-state index < -0.39 is 18.6 Å². The van der Waals surface area contributed by atoms with E-state index in [4.69, 9.17) is 4.74 Å². The van der Waals surface area contributed by atoms with E-state index in [9.17, 15) is 13.9 Å². The highest BCUT2D eigenvalue weighted by Gasteiger charge is 2.18. The predicted octanol–water partition coefficient (Wildman–Crippen LogP) is 2.60. The lowest BCUT2D eigenvalue weighted by Crippen LogP contribution is -2.05. The van der Waals surface area contributed by atoms with Crippen molar-refractivity contribution in [1.82, 2.24) is 0 Å². The Balaban J connectivity index is 3.24. The summed E-state index contributed by atoms with van der Waals surface area (Å²) in [6, 6.07) is 2.62. The molecule has 0 aliphatic carbocycles. The lowest BCUT2D eigenvalue weighted by molar-refractivity contribution is 0.134. The molecule has 1 aromatic carbocycles. The summed E-state index contributed by atoms with van der Waals surface area (Å²) in [5.41, 5.74) is -0.154. The van der Waals surface area contributed by atoms with Crippen LogP contribution in [0, 0.1) is 5.82 Å². The van der Waals surface area contributed by atoms with Gasteiger partial charge in [-0.15, -0.1) is 0 Å². The monoisotopic (exact) mass is 266 g/mol. The second kappa shape index (κ2) is 4.70. The lowest BCUT2D eigenvalue weighted by atomic mass is 10.1. The van der Waals surface area contributed by atoms with E-state index in [1.807, 2.05) is 0 Å². The molecular formula is C9H9BrF2O2. The Bertz CT molecular complexity index is 331. The summed E-state index contributed by atoms with van der Waals surface area (Å²) in [7, 11) is 1.33. The summed E-state index contributed by atoms with van der Waals surface area (Å²) >= 11 is 3.06. The number of hydrogen-bond donors (Lipinski definition) is 1. The number of halogens is 3. The molecule has 1 aromatic rings. The number of methoxy groups -OCH3 is 1. The molecule has 0 aliphatic rings. The SMILES string of the molecule is COc1cc(Br)cc(F)c1C(O)CF. The van der Waals surface area contributed by atoms with Gasteiger partial charge in [-0.2, -0.15) is 0 Å². The maximum absolute atomic E-state index is 13.3. The van der Waals surface area contributed by atoms with Gasteiger partial charge in [-0.05, 0) is 12.1 Å². The number of alkyl halides is 1. The molecule has 0 aliphatic heterocycles. The van der Waals surface area contributed by atoms with E-state index in [1.54, 1.807) is 0 Å². The third-order valence-electron chi connectivity index (χ3n) is 1.76. The topological polar surface area (TPSA) is 29.5 Å². The Morgan fingerprint density at radius 1 is 1.57 bits per heavy atom. The van der Waals surface area contributed by atoms with Crippen LogP contribution in [0.2, 0.25) is 0 Å². The van der Waals surface area contributed by atoms with E-state index in [2.05, 4.69) is 15.9 Å². The van der Waals surface area contributed by atoms with Gasteiger partial charge in [0.25, 0.3) is 0 Å². The standard InChI is InChI=1S/C9H9BrF2O2/c1-14-8-3-5(10)2-6(12)9(8)7(13)4-11/h2-3,7,13H,4H2,1H3. The summed E-state index contributed by atoms with van der Waals surface area (Å²) in [5.74, 6) is -0.566. The number of hydrogen-bond acceptors (Lipinski definition) is 2. The molecule has 1 N–H and O–H groups in total. The highest BCUT2D eigenvalue weighted by atomic mass is 79.9. The first-order valence-corrected chi connectivity index (χ1v) is 4.66. The van der Waals surface area contributed by atoms with Crippen molar-refractivity contribution in [1.29, 1.82) is 0 Å². The van der Waals surface area contributed by atoms with Gasteiger partial charge in [0, 0.05) is 4.47 Å². The fourth-order valence-corrected chi connectivity index (χ4v) is 1.54. The Morgan fingerprint density at radius 3 is 2.71 bits per heavy atom. The number of aliphatic hydroxyl groups excluding tert-OH is 1. The van der Waals surface area contributed by atoms with Crippen LogP contribution in [0.15, 0.2) is 16.6 Å². The zero-order valence-electron chi connectivity index (χ0n) is 7.43. The van der Waals surface area contributed by atoms with Gasteiger partial charge in [0.1, 0.15) is 24.3 Å². The molecule has 5 heteroatoms. The van der Waals surface area contributed by atoms with Crippen LogP contribution < -0.4 is 4.74 Å². The molecule has 1 atom stereocenters. The third kappa shape index (κ3) is 2.22. The Labute approximate surface area is 88.6 Å². The Morgan fingerprint density at radius 2 is 2.21 bits per heavy atom. The molecule has 14 heavy (non-hydrogen) atoms. The van der Waals surface area contributed by atoms with Crippen LogP contribution in [0.3, 0.4) is 0 Å². The van der Waals surface area contributed by atoms with E-state index in [1.165, 1.54) is 13.2 Å². The normalized spacial score (nSPS) is 12.6. The van der Waals surface area contributed by atoms with Crippen molar-refractivity contribution in [2.24, 2.45) is 0 Å². The fraction of sp³-hybridized carbons (Fsp3) is 0.333. The highest BCUT2D eigenvalue weighted by Crippen LogP contribution is 2.31. The van der Waals surface area contributed by atoms with Gasteiger partial charge < -0.3 is 9.84 Å². The molecule has 1 rings (SSSR count). The average Bonchev–Trinajstić information content (AvgIpc) is 2.15. The minimum Gasteiger partial charge on any atom is -0.496 e. The summed E-state index contributed by atoms with van der Waals surface area (Å²) in [5, 5.41) is 9.20. The molecule has 0 bridgehead atoms. The van der Waals surface area contributed by atoms with Crippen molar-refractivity contribution in [3.8, 4) is 5.75 Å². The quantitative estimate of drug-likeness (QED) is 0.912. The summed E-state index contributed by atoms with van der Waals surface area (Å²) in [6.07, 6.45) is -1.49. The van der Waals surface area contributed by atoms with Gasteiger partial charge in [-0.1, -0.05) is 15.9 Å². The maximum atomic E-state index is 13.3.